The number of anilines is 2. The molecular weight excluding hydrogens is 276 g/mol. The topological polar surface area (TPSA) is 24.9 Å². The second-order valence-electron chi connectivity index (χ2n) is 5.22. The number of rotatable bonds is 2. The second-order valence-corrected chi connectivity index (χ2v) is 6.33. The molecule has 2 aromatic carbocycles. The maximum atomic E-state index is 4.86. The molecule has 0 bridgehead atoms. The summed E-state index contributed by atoms with van der Waals surface area (Å²) in [6.07, 6.45) is 1.09. The van der Waals surface area contributed by atoms with Crippen LogP contribution in [0.2, 0.25) is 0 Å². The van der Waals surface area contributed by atoms with Gasteiger partial charge in [0.15, 0.2) is 0 Å². The highest BCUT2D eigenvalue weighted by molar-refractivity contribution is 7.98. The van der Waals surface area contributed by atoms with Gasteiger partial charge in [-0.3, -0.25) is 4.98 Å². The number of pyridine rings is 1. The standard InChI is InChI=1S/C18H16N2S/c1-2-6-13(7-3-1)19-18-14-8-4-5-9-16(14)20-17-12-21-11-10-15(17)18/h1-9H,10-12H2,(H,19,20). The third-order valence-corrected chi connectivity index (χ3v) is 4.83. The fraction of sp³-hybridized carbons (Fsp3) is 0.167. The first kappa shape index (κ1) is 12.7. The molecule has 2 nitrogen and oxygen atoms in total. The highest BCUT2D eigenvalue weighted by Gasteiger charge is 2.18. The van der Waals surface area contributed by atoms with E-state index in [0.29, 0.717) is 0 Å². The summed E-state index contributed by atoms with van der Waals surface area (Å²) in [5.41, 5.74) is 6.08. The number of fused-ring (bicyclic) bond motifs is 2. The van der Waals surface area contributed by atoms with Crippen molar-refractivity contribution in [3.63, 3.8) is 0 Å². The van der Waals surface area contributed by atoms with Crippen LogP contribution in [0.3, 0.4) is 0 Å². The molecule has 0 fully saturated rings. The Morgan fingerprint density at radius 3 is 2.67 bits per heavy atom. The van der Waals surface area contributed by atoms with E-state index in [1.807, 2.05) is 17.8 Å². The van der Waals surface area contributed by atoms with Crippen molar-refractivity contribution >= 4 is 34.0 Å². The molecule has 0 atom stereocenters. The van der Waals surface area contributed by atoms with E-state index in [4.69, 9.17) is 4.98 Å². The number of nitrogens with zero attached hydrogens (tertiary/aromatic N) is 1. The van der Waals surface area contributed by atoms with Gasteiger partial charge in [0, 0.05) is 16.8 Å². The van der Waals surface area contributed by atoms with Crippen molar-refractivity contribution < 1.29 is 0 Å². The molecule has 0 saturated heterocycles. The smallest absolute Gasteiger partial charge is 0.0726 e. The zero-order valence-corrected chi connectivity index (χ0v) is 12.5. The zero-order chi connectivity index (χ0) is 14.1. The maximum Gasteiger partial charge on any atom is 0.0726 e. The van der Waals surface area contributed by atoms with Gasteiger partial charge in [-0.15, -0.1) is 0 Å². The van der Waals surface area contributed by atoms with E-state index in [1.165, 1.54) is 28.1 Å². The maximum absolute atomic E-state index is 4.86. The first-order valence-electron chi connectivity index (χ1n) is 7.22. The minimum atomic E-state index is 1.02. The lowest BCUT2D eigenvalue weighted by atomic mass is 10.0. The van der Waals surface area contributed by atoms with Crippen molar-refractivity contribution in [3.8, 4) is 0 Å². The lowest BCUT2D eigenvalue weighted by molar-refractivity contribution is 1.04. The molecule has 1 aliphatic heterocycles. The Labute approximate surface area is 128 Å². The molecule has 1 aliphatic rings. The third-order valence-electron chi connectivity index (χ3n) is 3.86. The predicted octanol–water partition coefficient (Wildman–Crippen LogP) is 4.77. The Kier molecular flexibility index (Phi) is 3.28. The summed E-state index contributed by atoms with van der Waals surface area (Å²) in [5.74, 6) is 2.19. The number of hydrogen-bond acceptors (Lipinski definition) is 3. The molecule has 3 aromatic rings. The Hall–Kier alpha value is -2.00. The molecule has 0 spiro atoms. The number of nitrogens with one attached hydrogen (secondary N) is 1. The molecule has 1 N–H and O–H groups in total. The molecule has 0 radical (unpaired) electrons. The molecular formula is C18H16N2S. The van der Waals surface area contributed by atoms with Crippen molar-refractivity contribution in [2.45, 2.75) is 12.2 Å². The molecule has 0 saturated carbocycles. The van der Waals surface area contributed by atoms with Crippen LogP contribution in [0.1, 0.15) is 11.3 Å². The van der Waals surface area contributed by atoms with Gasteiger partial charge in [0.05, 0.1) is 16.9 Å². The van der Waals surface area contributed by atoms with Gasteiger partial charge in [-0.1, -0.05) is 36.4 Å². The lowest BCUT2D eigenvalue weighted by Crippen LogP contribution is -2.09. The third kappa shape index (κ3) is 2.38. The molecule has 0 amide bonds. The Balaban J connectivity index is 1.92. The minimum absolute atomic E-state index is 1.02. The van der Waals surface area contributed by atoms with Crippen molar-refractivity contribution in [1.29, 1.82) is 0 Å². The Bertz CT molecular complexity index is 784. The highest BCUT2D eigenvalue weighted by Crippen LogP contribution is 2.35. The zero-order valence-electron chi connectivity index (χ0n) is 11.7. The molecule has 104 valence electrons. The van der Waals surface area contributed by atoms with E-state index in [1.54, 1.807) is 0 Å². The molecule has 1 aromatic heterocycles. The quantitative estimate of drug-likeness (QED) is 0.736. The van der Waals surface area contributed by atoms with Gasteiger partial charge < -0.3 is 5.32 Å². The van der Waals surface area contributed by atoms with E-state index in [0.717, 1.165) is 23.4 Å². The van der Waals surface area contributed by atoms with Gasteiger partial charge >= 0.3 is 0 Å². The van der Waals surface area contributed by atoms with Gasteiger partial charge in [0.25, 0.3) is 0 Å². The van der Waals surface area contributed by atoms with Gasteiger partial charge in [-0.2, -0.15) is 11.8 Å². The van der Waals surface area contributed by atoms with Gasteiger partial charge in [0.1, 0.15) is 0 Å². The minimum Gasteiger partial charge on any atom is -0.355 e. The van der Waals surface area contributed by atoms with Crippen LogP contribution in [-0.2, 0) is 12.2 Å². The van der Waals surface area contributed by atoms with Crippen molar-refractivity contribution in [3.05, 3.63) is 65.9 Å². The van der Waals surface area contributed by atoms with Gasteiger partial charge in [0.2, 0.25) is 0 Å². The van der Waals surface area contributed by atoms with Gasteiger partial charge in [-0.05, 0) is 35.9 Å². The molecule has 4 rings (SSSR count). The highest BCUT2D eigenvalue weighted by atomic mass is 32.2. The molecule has 3 heteroatoms. The van der Waals surface area contributed by atoms with Crippen LogP contribution < -0.4 is 5.32 Å². The SMILES string of the molecule is c1ccc(Nc2c3c(nc4ccccc24)CSCC3)cc1. The first-order chi connectivity index (χ1) is 10.4. The van der Waals surface area contributed by atoms with Crippen LogP contribution in [0.4, 0.5) is 11.4 Å². The normalized spacial score (nSPS) is 13.9. The van der Waals surface area contributed by atoms with Crippen molar-refractivity contribution in [2.75, 3.05) is 11.1 Å². The van der Waals surface area contributed by atoms with E-state index in [2.05, 4.69) is 53.8 Å². The summed E-state index contributed by atoms with van der Waals surface area (Å²) in [7, 11) is 0. The van der Waals surface area contributed by atoms with Crippen LogP contribution in [-0.4, -0.2) is 10.7 Å². The second kappa shape index (κ2) is 5.41. The molecule has 0 aliphatic carbocycles. The van der Waals surface area contributed by atoms with Gasteiger partial charge in [-0.25, -0.2) is 0 Å². The van der Waals surface area contributed by atoms with Crippen LogP contribution in [0.5, 0.6) is 0 Å². The Morgan fingerprint density at radius 1 is 0.952 bits per heavy atom. The summed E-state index contributed by atoms with van der Waals surface area (Å²) >= 11 is 1.97. The predicted molar refractivity (Wildman–Crippen MR) is 91.3 cm³/mol. The average Bonchev–Trinajstić information content (AvgIpc) is 2.55. The van der Waals surface area contributed by atoms with E-state index < -0.39 is 0 Å². The molecule has 0 unspecified atom stereocenters. The number of para-hydroxylation sites is 2. The lowest BCUT2D eigenvalue weighted by Gasteiger charge is -2.21. The van der Waals surface area contributed by atoms with E-state index in [-0.39, 0.29) is 0 Å². The number of aromatic nitrogens is 1. The van der Waals surface area contributed by atoms with Crippen LogP contribution in [0.15, 0.2) is 54.6 Å². The van der Waals surface area contributed by atoms with Crippen molar-refractivity contribution in [2.24, 2.45) is 0 Å². The summed E-state index contributed by atoms with van der Waals surface area (Å²) in [5, 5.41) is 4.84. The summed E-state index contributed by atoms with van der Waals surface area (Å²) in [6, 6.07) is 18.8. The van der Waals surface area contributed by atoms with E-state index >= 15 is 0 Å². The fourth-order valence-corrected chi connectivity index (χ4v) is 3.77. The summed E-state index contributed by atoms with van der Waals surface area (Å²) in [6.45, 7) is 0. The molecule has 2 heterocycles. The Morgan fingerprint density at radius 2 is 1.76 bits per heavy atom. The number of thioether (sulfide) groups is 1. The van der Waals surface area contributed by atoms with Crippen LogP contribution >= 0.6 is 11.8 Å². The summed E-state index contributed by atoms with van der Waals surface area (Å²) in [4.78, 5) is 4.86. The fourth-order valence-electron chi connectivity index (χ4n) is 2.84. The van der Waals surface area contributed by atoms with E-state index in [9.17, 15) is 0 Å². The number of hydrogen-bond donors (Lipinski definition) is 1. The average molecular weight is 292 g/mol. The van der Waals surface area contributed by atoms with Crippen molar-refractivity contribution in [1.82, 2.24) is 4.98 Å². The molecule has 21 heavy (non-hydrogen) atoms. The van der Waals surface area contributed by atoms with Crippen LogP contribution in [0.25, 0.3) is 10.9 Å². The van der Waals surface area contributed by atoms with Crippen LogP contribution in [0, 0.1) is 0 Å². The monoisotopic (exact) mass is 292 g/mol. The number of benzene rings is 2. The largest absolute Gasteiger partial charge is 0.355 e. The summed E-state index contributed by atoms with van der Waals surface area (Å²) < 4.78 is 0. The first-order valence-corrected chi connectivity index (χ1v) is 8.37.